The highest BCUT2D eigenvalue weighted by Gasteiger charge is 2.42. The SMILES string of the molecule is C=CCOC(=O)CC(O)(CC(=O)OC)C(=O)OC.N. The molecule has 0 aromatic carbocycles. The average Bonchev–Trinajstić information content (AvgIpc) is 2.34. The number of rotatable bonds is 7. The molecule has 4 N–H and O–H groups in total. The van der Waals surface area contributed by atoms with Gasteiger partial charge in [-0.2, -0.15) is 0 Å². The van der Waals surface area contributed by atoms with Gasteiger partial charge in [0.2, 0.25) is 0 Å². The first-order valence-corrected chi connectivity index (χ1v) is 5.03. The van der Waals surface area contributed by atoms with Gasteiger partial charge in [-0.25, -0.2) is 4.79 Å². The molecular weight excluding hydrogens is 258 g/mol. The zero-order chi connectivity index (χ0) is 14.2. The van der Waals surface area contributed by atoms with Crippen molar-refractivity contribution in [1.82, 2.24) is 6.15 Å². The third-order valence-electron chi connectivity index (χ3n) is 2.03. The van der Waals surface area contributed by atoms with Gasteiger partial charge in [0.05, 0.1) is 27.1 Å². The summed E-state index contributed by atoms with van der Waals surface area (Å²) in [5.41, 5.74) is -2.29. The summed E-state index contributed by atoms with van der Waals surface area (Å²) in [6.45, 7) is 3.28. The van der Waals surface area contributed by atoms with E-state index >= 15 is 0 Å². The molecule has 1 unspecified atom stereocenters. The van der Waals surface area contributed by atoms with Gasteiger partial charge in [-0.15, -0.1) is 0 Å². The minimum Gasteiger partial charge on any atom is -0.469 e. The summed E-state index contributed by atoms with van der Waals surface area (Å²) in [6.07, 6.45) is -0.0720. The summed E-state index contributed by atoms with van der Waals surface area (Å²) in [6, 6.07) is 0. The van der Waals surface area contributed by atoms with Crippen molar-refractivity contribution in [3.05, 3.63) is 12.7 Å². The summed E-state index contributed by atoms with van der Waals surface area (Å²) in [5, 5.41) is 9.95. The molecule has 0 saturated carbocycles. The smallest absolute Gasteiger partial charge is 0.339 e. The largest absolute Gasteiger partial charge is 0.469 e. The van der Waals surface area contributed by atoms with Gasteiger partial charge in [0.15, 0.2) is 5.60 Å². The molecule has 0 heterocycles. The van der Waals surface area contributed by atoms with Crippen molar-refractivity contribution in [2.75, 3.05) is 20.8 Å². The number of aliphatic hydroxyl groups is 1. The van der Waals surface area contributed by atoms with Crippen LogP contribution in [-0.2, 0) is 28.6 Å². The average molecular weight is 277 g/mol. The van der Waals surface area contributed by atoms with Crippen molar-refractivity contribution in [3.8, 4) is 0 Å². The molecule has 0 spiro atoms. The van der Waals surface area contributed by atoms with Crippen molar-refractivity contribution in [3.63, 3.8) is 0 Å². The highest BCUT2D eigenvalue weighted by molar-refractivity contribution is 5.89. The Balaban J connectivity index is 0. The Bertz CT molecular complexity index is 342. The van der Waals surface area contributed by atoms with Crippen LogP contribution in [0.25, 0.3) is 0 Å². The van der Waals surface area contributed by atoms with E-state index in [1.165, 1.54) is 6.08 Å². The number of methoxy groups -OCH3 is 2. The first-order chi connectivity index (χ1) is 8.39. The predicted octanol–water partition coefficient (Wildman–Crippen LogP) is -0.265. The minimum atomic E-state index is -2.29. The van der Waals surface area contributed by atoms with E-state index < -0.39 is 36.4 Å². The first kappa shape index (κ1) is 19.4. The van der Waals surface area contributed by atoms with E-state index in [0.29, 0.717) is 0 Å². The van der Waals surface area contributed by atoms with Gasteiger partial charge in [-0.3, -0.25) is 9.59 Å². The second-order valence-electron chi connectivity index (χ2n) is 3.42. The van der Waals surface area contributed by atoms with E-state index in [0.717, 1.165) is 14.2 Å². The molecule has 0 rings (SSSR count). The Morgan fingerprint density at radius 2 is 1.68 bits per heavy atom. The molecule has 0 saturated heterocycles. The Hall–Kier alpha value is -1.93. The number of carbonyl (C=O) groups excluding carboxylic acids is 3. The van der Waals surface area contributed by atoms with E-state index in [1.54, 1.807) is 0 Å². The van der Waals surface area contributed by atoms with Gasteiger partial charge in [0.1, 0.15) is 6.61 Å². The molecular formula is C11H19NO7. The molecule has 0 bridgehead atoms. The monoisotopic (exact) mass is 277 g/mol. The molecule has 8 heteroatoms. The van der Waals surface area contributed by atoms with Crippen molar-refractivity contribution >= 4 is 17.9 Å². The van der Waals surface area contributed by atoms with Gasteiger partial charge in [-0.05, 0) is 0 Å². The van der Waals surface area contributed by atoms with Crippen LogP contribution in [-0.4, -0.2) is 49.4 Å². The molecule has 0 aromatic rings. The zero-order valence-electron chi connectivity index (χ0n) is 11.0. The maximum absolute atomic E-state index is 11.4. The molecule has 110 valence electrons. The maximum atomic E-state index is 11.4. The number of hydrogen-bond donors (Lipinski definition) is 2. The second kappa shape index (κ2) is 9.06. The molecule has 0 aliphatic heterocycles. The summed E-state index contributed by atoms with van der Waals surface area (Å²) >= 11 is 0. The Morgan fingerprint density at radius 3 is 2.11 bits per heavy atom. The molecule has 19 heavy (non-hydrogen) atoms. The van der Waals surface area contributed by atoms with E-state index in [1.807, 2.05) is 0 Å². The predicted molar refractivity (Wildman–Crippen MR) is 64.4 cm³/mol. The van der Waals surface area contributed by atoms with Crippen LogP contribution in [0, 0.1) is 0 Å². The van der Waals surface area contributed by atoms with Crippen LogP contribution in [0.5, 0.6) is 0 Å². The van der Waals surface area contributed by atoms with E-state index in [9.17, 15) is 19.5 Å². The molecule has 0 aromatic heterocycles. The highest BCUT2D eigenvalue weighted by atomic mass is 16.6. The summed E-state index contributed by atoms with van der Waals surface area (Å²) < 4.78 is 13.3. The lowest BCUT2D eigenvalue weighted by Gasteiger charge is -2.22. The van der Waals surface area contributed by atoms with Crippen LogP contribution in [0.3, 0.4) is 0 Å². The zero-order valence-corrected chi connectivity index (χ0v) is 11.0. The highest BCUT2D eigenvalue weighted by Crippen LogP contribution is 2.19. The molecule has 8 nitrogen and oxygen atoms in total. The van der Waals surface area contributed by atoms with Gasteiger partial charge in [0, 0.05) is 0 Å². The van der Waals surface area contributed by atoms with Crippen LogP contribution >= 0.6 is 0 Å². The van der Waals surface area contributed by atoms with Crippen LogP contribution in [0.2, 0.25) is 0 Å². The first-order valence-electron chi connectivity index (χ1n) is 5.03. The maximum Gasteiger partial charge on any atom is 0.339 e. The normalized spacial score (nSPS) is 12.4. The van der Waals surface area contributed by atoms with E-state index in [2.05, 4.69) is 20.8 Å². The lowest BCUT2D eigenvalue weighted by Crippen LogP contribution is -2.44. The molecule has 0 aliphatic carbocycles. The van der Waals surface area contributed by atoms with Crippen molar-refractivity contribution in [2.45, 2.75) is 18.4 Å². The lowest BCUT2D eigenvalue weighted by atomic mass is 9.96. The number of esters is 3. The van der Waals surface area contributed by atoms with E-state index in [4.69, 9.17) is 0 Å². The van der Waals surface area contributed by atoms with E-state index in [-0.39, 0.29) is 12.8 Å². The second-order valence-corrected chi connectivity index (χ2v) is 3.42. The summed E-state index contributed by atoms with van der Waals surface area (Å²) in [4.78, 5) is 33.8. The fourth-order valence-corrected chi connectivity index (χ4v) is 1.15. The van der Waals surface area contributed by atoms with Crippen LogP contribution < -0.4 is 6.15 Å². The van der Waals surface area contributed by atoms with Crippen molar-refractivity contribution < 1.29 is 33.7 Å². The van der Waals surface area contributed by atoms with Gasteiger partial charge in [-0.1, -0.05) is 12.7 Å². The summed E-state index contributed by atoms with van der Waals surface area (Å²) in [7, 11) is 2.12. The minimum absolute atomic E-state index is 0. The topological polar surface area (TPSA) is 134 Å². The fraction of sp³-hybridized carbons (Fsp3) is 0.545. The van der Waals surface area contributed by atoms with Crippen LogP contribution in [0.1, 0.15) is 12.8 Å². The van der Waals surface area contributed by atoms with Gasteiger partial charge < -0.3 is 25.5 Å². The Morgan fingerprint density at radius 1 is 1.16 bits per heavy atom. The lowest BCUT2D eigenvalue weighted by molar-refractivity contribution is -0.174. The Kier molecular flexibility index (Phi) is 9.26. The number of ether oxygens (including phenoxy) is 3. The van der Waals surface area contributed by atoms with Crippen LogP contribution in [0.15, 0.2) is 12.7 Å². The molecule has 0 radical (unpaired) electrons. The summed E-state index contributed by atoms with van der Waals surface area (Å²) in [5.74, 6) is -2.81. The van der Waals surface area contributed by atoms with Crippen molar-refractivity contribution in [2.24, 2.45) is 0 Å². The molecule has 0 amide bonds. The molecule has 0 aliphatic rings. The standard InChI is InChI=1S/C11H16O7.H3N/c1-4-5-18-9(13)7-11(15,10(14)17-3)6-8(12)16-2;/h4,15H,1,5-7H2,2-3H3;1H3. The quantitative estimate of drug-likeness (QED) is 0.369. The fourth-order valence-electron chi connectivity index (χ4n) is 1.15. The third-order valence-corrected chi connectivity index (χ3v) is 2.03. The van der Waals surface area contributed by atoms with Crippen LogP contribution in [0.4, 0.5) is 0 Å². The molecule has 0 fully saturated rings. The Labute approximate surface area is 110 Å². The number of hydrogen-bond acceptors (Lipinski definition) is 8. The van der Waals surface area contributed by atoms with Crippen molar-refractivity contribution in [1.29, 1.82) is 0 Å². The van der Waals surface area contributed by atoms with Gasteiger partial charge >= 0.3 is 17.9 Å². The third kappa shape index (κ3) is 6.53. The van der Waals surface area contributed by atoms with Gasteiger partial charge in [0.25, 0.3) is 0 Å². The molecule has 1 atom stereocenters. The number of carbonyl (C=O) groups is 3.